The lowest BCUT2D eigenvalue weighted by molar-refractivity contribution is -0.146. The third-order valence-electron chi connectivity index (χ3n) is 6.27. The van der Waals surface area contributed by atoms with Gasteiger partial charge >= 0.3 is 11.9 Å². The molecule has 4 rings (SSSR count). The van der Waals surface area contributed by atoms with E-state index in [-0.39, 0.29) is 24.3 Å². The maximum Gasteiger partial charge on any atom is 0.341 e. The number of carbonyl (C=O) groups is 3. The van der Waals surface area contributed by atoms with E-state index in [1.807, 2.05) is 12.2 Å². The first-order chi connectivity index (χ1) is 13.4. The van der Waals surface area contributed by atoms with E-state index in [0.29, 0.717) is 22.9 Å². The van der Waals surface area contributed by atoms with Crippen LogP contribution < -0.4 is 5.32 Å². The van der Waals surface area contributed by atoms with Crippen LogP contribution in [0.5, 0.6) is 0 Å². The average Bonchev–Trinajstić information content (AvgIpc) is 3.33. The van der Waals surface area contributed by atoms with E-state index in [2.05, 4.69) is 12.2 Å². The van der Waals surface area contributed by atoms with Gasteiger partial charge in [-0.25, -0.2) is 4.79 Å². The lowest BCUT2D eigenvalue weighted by atomic mass is 9.82. The highest BCUT2D eigenvalue weighted by Crippen LogP contribution is 2.49. The summed E-state index contributed by atoms with van der Waals surface area (Å²) in [5, 5.41) is 13.0. The number of rotatable bonds is 5. The van der Waals surface area contributed by atoms with Gasteiger partial charge in [-0.2, -0.15) is 0 Å². The molecule has 28 heavy (non-hydrogen) atoms. The van der Waals surface area contributed by atoms with Gasteiger partial charge in [0, 0.05) is 4.88 Å². The molecule has 0 spiro atoms. The largest absolute Gasteiger partial charge is 0.481 e. The van der Waals surface area contributed by atoms with Gasteiger partial charge in [0.25, 0.3) is 0 Å². The zero-order valence-corrected chi connectivity index (χ0v) is 16.9. The zero-order chi connectivity index (χ0) is 20.0. The van der Waals surface area contributed by atoms with Crippen LogP contribution in [-0.4, -0.2) is 29.6 Å². The van der Waals surface area contributed by atoms with E-state index in [1.54, 1.807) is 6.92 Å². The Balaban J connectivity index is 1.64. The molecule has 6 nitrogen and oxygen atoms in total. The Hall–Kier alpha value is -2.15. The zero-order valence-electron chi connectivity index (χ0n) is 16.1. The van der Waals surface area contributed by atoms with Crippen LogP contribution in [0, 0.1) is 29.6 Å². The predicted molar refractivity (Wildman–Crippen MR) is 105 cm³/mol. The Labute approximate surface area is 168 Å². The molecule has 2 bridgehead atoms. The number of carbonyl (C=O) groups excluding carboxylic acids is 2. The molecule has 0 aromatic carbocycles. The molecule has 1 aromatic rings. The van der Waals surface area contributed by atoms with Crippen LogP contribution in [0.25, 0.3) is 0 Å². The molecule has 0 saturated heterocycles. The minimum Gasteiger partial charge on any atom is -0.481 e. The maximum absolute atomic E-state index is 13.1. The van der Waals surface area contributed by atoms with Gasteiger partial charge in [-0.05, 0) is 55.9 Å². The summed E-state index contributed by atoms with van der Waals surface area (Å²) in [5.41, 5.74) is 1.45. The number of fused-ring (bicyclic) bond motifs is 3. The quantitative estimate of drug-likeness (QED) is 0.580. The number of carboxylic acid groups (broad SMARTS) is 1. The Morgan fingerprint density at radius 2 is 1.96 bits per heavy atom. The Kier molecular flexibility index (Phi) is 5.04. The highest BCUT2D eigenvalue weighted by molar-refractivity contribution is 7.17. The number of esters is 1. The first kappa shape index (κ1) is 19.2. The van der Waals surface area contributed by atoms with Crippen molar-refractivity contribution in [2.45, 2.75) is 39.5 Å². The van der Waals surface area contributed by atoms with Gasteiger partial charge in [-0.3, -0.25) is 9.59 Å². The maximum atomic E-state index is 13.1. The highest BCUT2D eigenvalue weighted by Gasteiger charge is 2.51. The summed E-state index contributed by atoms with van der Waals surface area (Å²) >= 11 is 1.44. The number of hydrogen-bond acceptors (Lipinski definition) is 5. The van der Waals surface area contributed by atoms with Crippen molar-refractivity contribution in [2.24, 2.45) is 29.6 Å². The lowest BCUT2D eigenvalue weighted by Crippen LogP contribution is -2.36. The van der Waals surface area contributed by atoms with E-state index < -0.39 is 23.8 Å². The van der Waals surface area contributed by atoms with Crippen molar-refractivity contribution in [3.63, 3.8) is 0 Å². The second-order valence-electron chi connectivity index (χ2n) is 8.10. The molecule has 150 valence electrons. The summed E-state index contributed by atoms with van der Waals surface area (Å²) in [6.45, 7) is 4.19. The van der Waals surface area contributed by atoms with Gasteiger partial charge in [0.2, 0.25) is 5.91 Å². The van der Waals surface area contributed by atoms with E-state index in [0.717, 1.165) is 29.7 Å². The fraction of sp³-hybridized carbons (Fsp3) is 0.571. The highest BCUT2D eigenvalue weighted by atomic mass is 32.1. The number of thiophene rings is 1. The van der Waals surface area contributed by atoms with Gasteiger partial charge in [0.1, 0.15) is 5.00 Å². The molecule has 1 amide bonds. The van der Waals surface area contributed by atoms with Gasteiger partial charge in [0.05, 0.1) is 24.0 Å². The van der Waals surface area contributed by atoms with Crippen molar-refractivity contribution >= 4 is 34.2 Å². The molecule has 0 aliphatic heterocycles. The lowest BCUT2D eigenvalue weighted by Gasteiger charge is -2.23. The summed E-state index contributed by atoms with van der Waals surface area (Å²) in [5.74, 6) is -2.59. The SMILES string of the molecule is CCOC(=O)c1c(NC(=O)[C@@H]2[C@@H](C(=O)O)[C@H]3C=C[C@@H]2C3)sc2c1C[C@@H](C)CC2. The fourth-order valence-electron chi connectivity index (χ4n) is 4.98. The summed E-state index contributed by atoms with van der Waals surface area (Å²) in [6, 6.07) is 0. The standard InChI is InChI=1S/C21H25NO5S/c1-3-27-21(26)17-13-8-10(2)4-7-14(13)28-19(17)22-18(23)15-11-5-6-12(9-11)16(15)20(24)25/h5-6,10-12,15-16H,3-4,7-9H2,1-2H3,(H,22,23)(H,24,25)/t10-,11+,12-,15-,16-/m0/s1. The van der Waals surface area contributed by atoms with Crippen LogP contribution in [0.1, 0.15) is 47.5 Å². The van der Waals surface area contributed by atoms with E-state index in [4.69, 9.17) is 4.74 Å². The molecule has 2 N–H and O–H groups in total. The summed E-state index contributed by atoms with van der Waals surface area (Å²) < 4.78 is 5.26. The number of ether oxygens (including phenoxy) is 1. The van der Waals surface area contributed by atoms with Crippen molar-refractivity contribution in [2.75, 3.05) is 11.9 Å². The van der Waals surface area contributed by atoms with Gasteiger partial charge in [0.15, 0.2) is 0 Å². The van der Waals surface area contributed by atoms with Crippen LogP contribution in [-0.2, 0) is 27.2 Å². The van der Waals surface area contributed by atoms with Crippen LogP contribution in [0.2, 0.25) is 0 Å². The molecule has 3 aliphatic carbocycles. The molecule has 3 aliphatic rings. The van der Waals surface area contributed by atoms with Crippen LogP contribution in [0.15, 0.2) is 12.2 Å². The second-order valence-corrected chi connectivity index (χ2v) is 9.21. The average molecular weight is 404 g/mol. The van der Waals surface area contributed by atoms with Gasteiger partial charge < -0.3 is 15.2 Å². The molecular weight excluding hydrogens is 378 g/mol. The summed E-state index contributed by atoms with van der Waals surface area (Å²) in [6.07, 6.45) is 7.33. The van der Waals surface area contributed by atoms with Gasteiger partial charge in [-0.15, -0.1) is 11.3 Å². The number of aryl methyl sites for hydroxylation is 1. The van der Waals surface area contributed by atoms with Crippen molar-refractivity contribution in [1.29, 1.82) is 0 Å². The predicted octanol–water partition coefficient (Wildman–Crippen LogP) is 3.51. The number of carboxylic acids is 1. The first-order valence-corrected chi connectivity index (χ1v) is 10.8. The topological polar surface area (TPSA) is 92.7 Å². The van der Waals surface area contributed by atoms with Crippen LogP contribution in [0.3, 0.4) is 0 Å². The minimum atomic E-state index is -0.929. The van der Waals surface area contributed by atoms with Crippen molar-refractivity contribution in [3.05, 3.63) is 28.2 Å². The van der Waals surface area contributed by atoms with E-state index >= 15 is 0 Å². The van der Waals surface area contributed by atoms with E-state index in [1.165, 1.54) is 11.3 Å². The normalized spacial score (nSPS) is 30.1. The molecule has 1 saturated carbocycles. The van der Waals surface area contributed by atoms with Crippen molar-refractivity contribution in [3.8, 4) is 0 Å². The second kappa shape index (κ2) is 7.35. The van der Waals surface area contributed by atoms with Crippen LogP contribution >= 0.6 is 11.3 Å². The van der Waals surface area contributed by atoms with Crippen LogP contribution in [0.4, 0.5) is 5.00 Å². The number of nitrogens with one attached hydrogen (secondary N) is 1. The van der Waals surface area contributed by atoms with E-state index in [9.17, 15) is 19.5 Å². The molecule has 0 radical (unpaired) electrons. The molecule has 7 heteroatoms. The Bertz CT molecular complexity index is 857. The number of hydrogen-bond donors (Lipinski definition) is 2. The van der Waals surface area contributed by atoms with Crippen molar-refractivity contribution in [1.82, 2.24) is 0 Å². The third-order valence-corrected chi connectivity index (χ3v) is 7.48. The Morgan fingerprint density at radius 3 is 2.64 bits per heavy atom. The molecule has 1 aromatic heterocycles. The summed E-state index contributed by atoms with van der Waals surface area (Å²) in [7, 11) is 0. The molecular formula is C21H25NO5S. The molecule has 1 fully saturated rings. The molecule has 5 atom stereocenters. The third kappa shape index (κ3) is 3.15. The van der Waals surface area contributed by atoms with Gasteiger partial charge in [-0.1, -0.05) is 19.1 Å². The number of allylic oxidation sites excluding steroid dienone is 2. The molecule has 1 heterocycles. The summed E-state index contributed by atoms with van der Waals surface area (Å²) in [4.78, 5) is 38.6. The molecule has 0 unspecified atom stereocenters. The number of anilines is 1. The number of aliphatic carboxylic acids is 1. The smallest absolute Gasteiger partial charge is 0.341 e. The minimum absolute atomic E-state index is 0.0493. The monoisotopic (exact) mass is 403 g/mol. The van der Waals surface area contributed by atoms with Crippen molar-refractivity contribution < 1.29 is 24.2 Å². The Morgan fingerprint density at radius 1 is 1.25 bits per heavy atom. The first-order valence-electron chi connectivity index (χ1n) is 9.94. The fourth-order valence-corrected chi connectivity index (χ4v) is 6.21. The number of amides is 1.